The van der Waals surface area contributed by atoms with Crippen molar-refractivity contribution >= 4 is 17.3 Å². The van der Waals surface area contributed by atoms with Crippen molar-refractivity contribution in [3.8, 4) is 0 Å². The van der Waals surface area contributed by atoms with Gasteiger partial charge in [0.15, 0.2) is 0 Å². The van der Waals surface area contributed by atoms with Gasteiger partial charge in [0.2, 0.25) is 0 Å². The maximum atomic E-state index is 6.10. The van der Waals surface area contributed by atoms with Gasteiger partial charge in [0.05, 0.1) is 0 Å². The predicted octanol–water partition coefficient (Wildman–Crippen LogP) is 3.19. The molecule has 2 N–H and O–H groups in total. The number of rotatable bonds is 2. The minimum absolute atomic E-state index is 0.230. The summed E-state index contributed by atoms with van der Waals surface area (Å²) in [5.41, 5.74) is 6.79. The van der Waals surface area contributed by atoms with Crippen LogP contribution in [0.3, 0.4) is 0 Å². The number of hydrogen-bond donors (Lipinski definition) is 1. The quantitative estimate of drug-likeness (QED) is 0.719. The van der Waals surface area contributed by atoms with E-state index in [-0.39, 0.29) is 5.41 Å². The van der Waals surface area contributed by atoms with Gasteiger partial charge in [-0.2, -0.15) is 0 Å². The number of fused-ring (bicyclic) bond motifs is 1. The molecule has 1 saturated carbocycles. The van der Waals surface area contributed by atoms with Crippen LogP contribution in [0, 0.1) is 11.3 Å². The van der Waals surface area contributed by atoms with Crippen molar-refractivity contribution in [2.45, 2.75) is 32.6 Å². The molecule has 1 heterocycles. The number of allylic oxidation sites excluding steroid dienone is 2. The van der Waals surface area contributed by atoms with Gasteiger partial charge in [0.25, 0.3) is 0 Å². The molecule has 82 valence electrons. The number of nitrogens with zero attached hydrogens (tertiary/aromatic N) is 1. The van der Waals surface area contributed by atoms with Crippen molar-refractivity contribution in [3.05, 3.63) is 23.5 Å². The SMILES string of the molecule is CC1=NC(Cl)=CC2(C/C=C/N)CCC2C1. The molecule has 0 aromatic carbocycles. The summed E-state index contributed by atoms with van der Waals surface area (Å²) in [6, 6.07) is 0. The maximum absolute atomic E-state index is 6.10. The summed E-state index contributed by atoms with van der Waals surface area (Å²) in [4.78, 5) is 4.36. The molecular formula is C12H17ClN2. The summed E-state index contributed by atoms with van der Waals surface area (Å²) in [5.74, 6) is 0.702. The molecular weight excluding hydrogens is 208 g/mol. The van der Waals surface area contributed by atoms with Crippen LogP contribution in [0.5, 0.6) is 0 Å². The van der Waals surface area contributed by atoms with E-state index >= 15 is 0 Å². The van der Waals surface area contributed by atoms with E-state index in [1.165, 1.54) is 12.8 Å². The second-order valence-corrected chi connectivity index (χ2v) is 5.01. The minimum atomic E-state index is 0.230. The van der Waals surface area contributed by atoms with Crippen molar-refractivity contribution in [2.75, 3.05) is 0 Å². The van der Waals surface area contributed by atoms with E-state index in [9.17, 15) is 0 Å². The molecule has 2 aliphatic rings. The van der Waals surface area contributed by atoms with Crippen molar-refractivity contribution < 1.29 is 0 Å². The van der Waals surface area contributed by atoms with Gasteiger partial charge in [-0.15, -0.1) is 0 Å². The lowest BCUT2D eigenvalue weighted by atomic mass is 9.57. The largest absolute Gasteiger partial charge is 0.405 e. The molecule has 1 aliphatic carbocycles. The van der Waals surface area contributed by atoms with Crippen LogP contribution >= 0.6 is 11.6 Å². The zero-order valence-electron chi connectivity index (χ0n) is 9.04. The Morgan fingerprint density at radius 2 is 2.53 bits per heavy atom. The number of nitrogens with two attached hydrogens (primary N) is 1. The van der Waals surface area contributed by atoms with E-state index in [0.29, 0.717) is 11.1 Å². The van der Waals surface area contributed by atoms with Gasteiger partial charge in [-0.1, -0.05) is 17.7 Å². The van der Waals surface area contributed by atoms with Crippen LogP contribution in [0.2, 0.25) is 0 Å². The molecule has 2 rings (SSSR count). The standard InChI is InChI=1S/C12H17ClN2/c1-9-7-10-3-5-12(10,4-2-6-14)8-11(13)15-9/h2,6,8,10H,3-5,7,14H2,1H3/b6-2+. The summed E-state index contributed by atoms with van der Waals surface area (Å²) in [5, 5.41) is 0.653. The highest BCUT2D eigenvalue weighted by Crippen LogP contribution is 2.54. The third-order valence-electron chi connectivity index (χ3n) is 3.65. The zero-order valence-corrected chi connectivity index (χ0v) is 9.80. The third kappa shape index (κ3) is 1.96. The fourth-order valence-electron chi connectivity index (χ4n) is 2.68. The molecule has 0 aromatic rings. The number of hydrogen-bond acceptors (Lipinski definition) is 2. The van der Waals surface area contributed by atoms with Gasteiger partial charge in [0, 0.05) is 5.71 Å². The van der Waals surface area contributed by atoms with E-state index in [4.69, 9.17) is 17.3 Å². The van der Waals surface area contributed by atoms with Crippen LogP contribution in [-0.2, 0) is 0 Å². The highest BCUT2D eigenvalue weighted by molar-refractivity contribution is 6.30. The first-order chi connectivity index (χ1) is 7.16. The topological polar surface area (TPSA) is 38.4 Å². The molecule has 2 unspecified atom stereocenters. The summed E-state index contributed by atoms with van der Waals surface area (Å²) in [7, 11) is 0. The highest BCUT2D eigenvalue weighted by atomic mass is 35.5. The monoisotopic (exact) mass is 224 g/mol. The van der Waals surface area contributed by atoms with Gasteiger partial charge < -0.3 is 5.73 Å². The second kappa shape index (κ2) is 4.01. The summed E-state index contributed by atoms with van der Waals surface area (Å²) < 4.78 is 0. The molecule has 0 saturated heterocycles. The zero-order chi connectivity index (χ0) is 10.9. The minimum Gasteiger partial charge on any atom is -0.405 e. The van der Waals surface area contributed by atoms with Crippen LogP contribution in [-0.4, -0.2) is 5.71 Å². The predicted molar refractivity (Wildman–Crippen MR) is 64.8 cm³/mol. The molecule has 0 bridgehead atoms. The van der Waals surface area contributed by atoms with Gasteiger partial charge in [-0.05, 0) is 56.2 Å². The average Bonchev–Trinajstić information content (AvgIpc) is 2.25. The van der Waals surface area contributed by atoms with E-state index in [2.05, 4.69) is 18.0 Å². The van der Waals surface area contributed by atoms with Crippen molar-refractivity contribution in [2.24, 2.45) is 22.1 Å². The Morgan fingerprint density at radius 3 is 3.13 bits per heavy atom. The molecule has 3 heteroatoms. The molecule has 1 aliphatic heterocycles. The van der Waals surface area contributed by atoms with E-state index in [1.807, 2.05) is 6.08 Å². The molecule has 0 radical (unpaired) electrons. The van der Waals surface area contributed by atoms with Crippen LogP contribution in [0.4, 0.5) is 0 Å². The second-order valence-electron chi connectivity index (χ2n) is 4.62. The highest BCUT2D eigenvalue weighted by Gasteiger charge is 2.45. The van der Waals surface area contributed by atoms with Crippen molar-refractivity contribution in [1.29, 1.82) is 0 Å². The van der Waals surface area contributed by atoms with E-state index in [0.717, 1.165) is 18.6 Å². The lowest BCUT2D eigenvalue weighted by molar-refractivity contribution is 0.0947. The van der Waals surface area contributed by atoms with Crippen LogP contribution < -0.4 is 5.73 Å². The smallest absolute Gasteiger partial charge is 0.125 e. The lowest BCUT2D eigenvalue weighted by Gasteiger charge is -2.47. The van der Waals surface area contributed by atoms with Crippen LogP contribution in [0.25, 0.3) is 0 Å². The van der Waals surface area contributed by atoms with Crippen LogP contribution in [0.15, 0.2) is 28.5 Å². The molecule has 0 amide bonds. The number of halogens is 1. The Labute approximate surface area is 95.9 Å². The third-order valence-corrected chi connectivity index (χ3v) is 3.84. The van der Waals surface area contributed by atoms with Gasteiger partial charge in [-0.25, -0.2) is 4.99 Å². The van der Waals surface area contributed by atoms with E-state index in [1.54, 1.807) is 6.20 Å². The Kier molecular flexibility index (Phi) is 2.87. The first-order valence-electron chi connectivity index (χ1n) is 5.45. The fraction of sp³-hybridized carbons (Fsp3) is 0.583. The van der Waals surface area contributed by atoms with Crippen molar-refractivity contribution in [3.63, 3.8) is 0 Å². The van der Waals surface area contributed by atoms with Gasteiger partial charge in [0.1, 0.15) is 5.16 Å². The Hall–Kier alpha value is -0.760. The Bertz CT molecular complexity index is 344. The maximum Gasteiger partial charge on any atom is 0.125 e. The summed E-state index contributed by atoms with van der Waals surface area (Å²) in [6.45, 7) is 2.06. The first kappa shape index (κ1) is 10.7. The Morgan fingerprint density at radius 1 is 1.73 bits per heavy atom. The molecule has 0 aromatic heterocycles. The first-order valence-corrected chi connectivity index (χ1v) is 5.83. The van der Waals surface area contributed by atoms with Crippen molar-refractivity contribution in [1.82, 2.24) is 0 Å². The summed E-state index contributed by atoms with van der Waals surface area (Å²) in [6.07, 6.45) is 10.4. The Balaban J connectivity index is 2.22. The van der Waals surface area contributed by atoms with Crippen LogP contribution in [0.1, 0.15) is 32.6 Å². The van der Waals surface area contributed by atoms with Gasteiger partial charge >= 0.3 is 0 Å². The molecule has 15 heavy (non-hydrogen) atoms. The normalized spacial score (nSPS) is 35.2. The molecule has 1 fully saturated rings. The average molecular weight is 225 g/mol. The fourth-order valence-corrected chi connectivity index (χ4v) is 3.05. The van der Waals surface area contributed by atoms with Gasteiger partial charge in [-0.3, -0.25) is 0 Å². The number of aliphatic imine (C=N–C) groups is 1. The lowest BCUT2D eigenvalue weighted by Crippen LogP contribution is -2.38. The summed E-state index contributed by atoms with van der Waals surface area (Å²) >= 11 is 6.10. The van der Waals surface area contributed by atoms with E-state index < -0.39 is 0 Å². The molecule has 2 atom stereocenters. The molecule has 0 spiro atoms. The molecule has 2 nitrogen and oxygen atoms in total.